The highest BCUT2D eigenvalue weighted by molar-refractivity contribution is 6.33. The number of carbonyl (C=O) groups is 5. The SMILES string of the molecule is Nc1c(Cl)cc(C[C@@H](OC(=O)N2CCC(N3CCc4ccccc4NC3=O)CC2)C(=O)N2CCN(C3CCN(C(=O)C(=O)OCCN4CCCC4O)CC3)CC2)cc1C(F)(F)F. The van der Waals surface area contributed by atoms with Crippen LogP contribution in [-0.4, -0.2) is 167 Å². The van der Waals surface area contributed by atoms with Crippen molar-refractivity contribution in [3.8, 4) is 0 Å². The van der Waals surface area contributed by atoms with E-state index in [9.17, 15) is 42.3 Å². The molecule has 20 heteroatoms. The largest absolute Gasteiger partial charge is 0.457 e. The standard InChI is InChI=1S/C42H54ClF3N8O8/c43-32-25-27(24-31(36(32)47)42(44,45)46)26-34(62-41(60)53-15-10-30(11-16-53)54-17-7-28-4-1-2-5-33(28)48-40(54)59)37(56)52-20-18-49(19-21-52)29-8-13-51(14-9-29)38(57)39(58)61-23-22-50-12-3-6-35(50)55/h1-2,4-5,24-25,29-30,34-35,55H,3,6-23,26,47H2,(H,48,59)/t34-,35?/m1/s1. The van der Waals surface area contributed by atoms with Crippen LogP contribution in [0, 0.1) is 0 Å². The molecule has 0 aromatic heterocycles. The van der Waals surface area contributed by atoms with Crippen molar-refractivity contribution in [3.63, 3.8) is 0 Å². The first kappa shape index (κ1) is 45.2. The number of ether oxygens (including phenoxy) is 2. The predicted octanol–water partition coefficient (Wildman–Crippen LogP) is 3.64. The Morgan fingerprint density at radius 3 is 2.23 bits per heavy atom. The van der Waals surface area contributed by atoms with Crippen LogP contribution in [0.4, 0.5) is 34.1 Å². The Bertz CT molecular complexity index is 1970. The molecular formula is C42H54ClF3N8O8. The minimum absolute atomic E-state index is 0.0125. The molecule has 2 aromatic rings. The number of nitrogens with one attached hydrogen (secondary N) is 1. The summed E-state index contributed by atoms with van der Waals surface area (Å²) >= 11 is 6.14. The second-order valence-corrected chi connectivity index (χ2v) is 16.9. The number of alkyl halides is 3. The van der Waals surface area contributed by atoms with Crippen molar-refractivity contribution in [1.29, 1.82) is 0 Å². The van der Waals surface area contributed by atoms with E-state index in [4.69, 9.17) is 26.8 Å². The van der Waals surface area contributed by atoms with Crippen LogP contribution in [-0.2, 0) is 42.9 Å². The Morgan fingerprint density at radius 1 is 0.871 bits per heavy atom. The molecule has 5 amide bonds. The van der Waals surface area contributed by atoms with Crippen molar-refractivity contribution < 1.29 is 51.7 Å². The number of halogens is 4. The molecule has 5 aliphatic heterocycles. The molecule has 62 heavy (non-hydrogen) atoms. The smallest absolute Gasteiger partial charge is 0.418 e. The number of nitrogens with two attached hydrogens (primary N) is 1. The van der Waals surface area contributed by atoms with E-state index >= 15 is 0 Å². The number of carbonyl (C=O) groups excluding carboxylic acids is 5. The number of urea groups is 1. The fraction of sp³-hybridized carbons (Fsp3) is 0.595. The average molecular weight is 891 g/mol. The van der Waals surface area contributed by atoms with E-state index < -0.39 is 53.6 Å². The van der Waals surface area contributed by atoms with Crippen molar-refractivity contribution in [2.45, 2.75) is 82.0 Å². The van der Waals surface area contributed by atoms with Gasteiger partial charge in [-0.15, -0.1) is 0 Å². The maximum absolute atomic E-state index is 14.2. The highest BCUT2D eigenvalue weighted by atomic mass is 35.5. The summed E-state index contributed by atoms with van der Waals surface area (Å²) in [6.07, 6.45) is -3.71. The van der Waals surface area contributed by atoms with Crippen molar-refractivity contribution in [3.05, 3.63) is 58.1 Å². The van der Waals surface area contributed by atoms with Gasteiger partial charge in [-0.2, -0.15) is 13.2 Å². The van der Waals surface area contributed by atoms with Crippen molar-refractivity contribution >= 4 is 52.9 Å². The lowest BCUT2D eigenvalue weighted by Gasteiger charge is -2.43. The minimum atomic E-state index is -4.82. The zero-order chi connectivity index (χ0) is 44.1. The second-order valence-electron chi connectivity index (χ2n) is 16.5. The van der Waals surface area contributed by atoms with E-state index in [1.54, 1.807) is 9.80 Å². The number of aliphatic hydroxyl groups excluding tert-OH is 1. The average Bonchev–Trinajstić information content (AvgIpc) is 3.59. The summed E-state index contributed by atoms with van der Waals surface area (Å²) < 4.78 is 52.9. The van der Waals surface area contributed by atoms with Crippen LogP contribution >= 0.6 is 11.6 Å². The van der Waals surface area contributed by atoms with Crippen LogP contribution < -0.4 is 11.1 Å². The van der Waals surface area contributed by atoms with E-state index in [-0.39, 0.29) is 67.9 Å². The topological polar surface area (TPSA) is 182 Å². The Labute approximate surface area is 362 Å². The third kappa shape index (κ3) is 10.7. The second kappa shape index (κ2) is 19.7. The van der Waals surface area contributed by atoms with E-state index in [0.717, 1.165) is 23.7 Å². The Balaban J connectivity index is 0.936. The molecule has 4 fully saturated rings. The summed E-state index contributed by atoms with van der Waals surface area (Å²) in [4.78, 5) is 76.6. The number of hydrogen-bond acceptors (Lipinski definition) is 11. The molecule has 2 atom stereocenters. The highest BCUT2D eigenvalue weighted by Gasteiger charge is 2.39. The Morgan fingerprint density at radius 2 is 1.55 bits per heavy atom. The number of nitrogen functional groups attached to an aromatic ring is 1. The van der Waals surface area contributed by atoms with Crippen LogP contribution in [0.25, 0.3) is 0 Å². The number of hydrogen-bond donors (Lipinski definition) is 3. The van der Waals surface area contributed by atoms with Gasteiger partial charge in [-0.3, -0.25) is 19.4 Å². The predicted molar refractivity (Wildman–Crippen MR) is 221 cm³/mol. The number of piperazine rings is 1. The van der Waals surface area contributed by atoms with Crippen molar-refractivity contribution in [2.24, 2.45) is 0 Å². The minimum Gasteiger partial charge on any atom is -0.457 e. The molecule has 0 bridgehead atoms. The maximum Gasteiger partial charge on any atom is 0.418 e. The lowest BCUT2D eigenvalue weighted by atomic mass is 10.0. The third-order valence-corrected chi connectivity index (χ3v) is 13.1. The number of benzene rings is 2. The molecule has 16 nitrogen and oxygen atoms in total. The fourth-order valence-electron chi connectivity index (χ4n) is 9.18. The molecule has 1 unspecified atom stereocenters. The summed E-state index contributed by atoms with van der Waals surface area (Å²) in [7, 11) is 0. The first-order valence-electron chi connectivity index (χ1n) is 21.3. The first-order valence-corrected chi connectivity index (χ1v) is 21.7. The summed E-state index contributed by atoms with van der Waals surface area (Å²) in [5, 5.41) is 12.6. The molecule has 0 radical (unpaired) electrons. The van der Waals surface area contributed by atoms with Gasteiger partial charge in [-0.25, -0.2) is 14.4 Å². The summed E-state index contributed by atoms with van der Waals surface area (Å²) in [5.41, 5.74) is 5.70. The van der Waals surface area contributed by atoms with Gasteiger partial charge in [0.1, 0.15) is 12.8 Å². The zero-order valence-electron chi connectivity index (χ0n) is 34.5. The van der Waals surface area contributed by atoms with Crippen LogP contribution in [0.2, 0.25) is 5.02 Å². The number of para-hydroxylation sites is 1. The number of likely N-dealkylation sites (tertiary alicyclic amines) is 3. The van der Waals surface area contributed by atoms with Gasteiger partial charge in [-0.1, -0.05) is 29.8 Å². The van der Waals surface area contributed by atoms with E-state index in [0.29, 0.717) is 84.3 Å². The van der Waals surface area contributed by atoms with Crippen LogP contribution in [0.1, 0.15) is 55.2 Å². The lowest BCUT2D eigenvalue weighted by Crippen LogP contribution is -2.57. The van der Waals surface area contributed by atoms with E-state index in [2.05, 4.69) is 10.2 Å². The molecule has 0 saturated carbocycles. The molecular weight excluding hydrogens is 837 g/mol. The van der Waals surface area contributed by atoms with Gasteiger partial charge >= 0.3 is 30.2 Å². The molecule has 4 N–H and O–H groups in total. The van der Waals surface area contributed by atoms with Gasteiger partial charge in [0.2, 0.25) is 0 Å². The molecule has 4 saturated heterocycles. The molecule has 5 aliphatic rings. The third-order valence-electron chi connectivity index (χ3n) is 12.7. The molecule has 5 heterocycles. The molecule has 338 valence electrons. The van der Waals surface area contributed by atoms with E-state index in [1.807, 2.05) is 24.3 Å². The molecule has 2 aromatic carbocycles. The van der Waals surface area contributed by atoms with Gasteiger partial charge < -0.3 is 45.2 Å². The van der Waals surface area contributed by atoms with Crippen LogP contribution in [0.3, 0.4) is 0 Å². The van der Waals surface area contributed by atoms with Crippen molar-refractivity contribution in [1.82, 2.24) is 29.4 Å². The van der Waals surface area contributed by atoms with Gasteiger partial charge in [0.15, 0.2) is 6.10 Å². The van der Waals surface area contributed by atoms with Crippen LogP contribution in [0.15, 0.2) is 36.4 Å². The normalized spacial score (nSPS) is 21.6. The number of anilines is 2. The van der Waals surface area contributed by atoms with Crippen molar-refractivity contribution in [2.75, 3.05) is 89.6 Å². The van der Waals surface area contributed by atoms with E-state index in [1.165, 1.54) is 20.8 Å². The number of piperidine rings is 2. The quantitative estimate of drug-likeness (QED) is 0.190. The number of aliphatic hydroxyl groups is 1. The number of rotatable bonds is 9. The maximum atomic E-state index is 14.2. The molecule has 0 spiro atoms. The van der Waals surface area contributed by atoms with Gasteiger partial charge in [0.25, 0.3) is 5.91 Å². The van der Waals surface area contributed by atoms with Crippen LogP contribution in [0.5, 0.6) is 0 Å². The van der Waals surface area contributed by atoms with Gasteiger partial charge in [0.05, 0.1) is 16.3 Å². The Kier molecular flexibility index (Phi) is 14.3. The first-order chi connectivity index (χ1) is 29.7. The number of fused-ring (bicyclic) bond motifs is 1. The highest BCUT2D eigenvalue weighted by Crippen LogP contribution is 2.38. The molecule has 0 aliphatic carbocycles. The number of esters is 1. The monoisotopic (exact) mass is 890 g/mol. The lowest BCUT2D eigenvalue weighted by molar-refractivity contribution is -0.161. The van der Waals surface area contributed by atoms with Gasteiger partial charge in [0, 0.05) is 96.2 Å². The Hall–Kier alpha value is -4.85. The molecule has 7 rings (SSSR count). The summed E-state index contributed by atoms with van der Waals surface area (Å²) in [6.45, 7) is 4.19. The number of amides is 5. The zero-order valence-corrected chi connectivity index (χ0v) is 35.2. The summed E-state index contributed by atoms with van der Waals surface area (Å²) in [6, 6.07) is 9.39. The fourth-order valence-corrected chi connectivity index (χ4v) is 9.42. The number of nitrogens with zero attached hydrogens (tertiary/aromatic N) is 6. The summed E-state index contributed by atoms with van der Waals surface area (Å²) in [5.74, 6) is -2.19. The van der Waals surface area contributed by atoms with Gasteiger partial charge in [-0.05, 0) is 74.3 Å².